The van der Waals surface area contributed by atoms with Gasteiger partial charge in [-0.1, -0.05) is 13.8 Å². The molecular weight excluding hydrogens is 192 g/mol. The molecule has 0 aromatic carbocycles. The van der Waals surface area contributed by atoms with Crippen LogP contribution >= 0.6 is 0 Å². The molecule has 1 heterocycles. The third-order valence-corrected chi connectivity index (χ3v) is 3.36. The third-order valence-electron chi connectivity index (χ3n) is 3.36. The number of carbonyl (C=O) groups is 1. The molecule has 0 aromatic heterocycles. The van der Waals surface area contributed by atoms with Crippen molar-refractivity contribution in [2.75, 3.05) is 13.1 Å². The summed E-state index contributed by atoms with van der Waals surface area (Å²) < 4.78 is 0. The first kappa shape index (κ1) is 12.5. The van der Waals surface area contributed by atoms with Gasteiger partial charge in [0.05, 0.1) is 0 Å². The van der Waals surface area contributed by atoms with Gasteiger partial charge in [0.1, 0.15) is 6.04 Å². The molecule has 88 valence electrons. The van der Waals surface area contributed by atoms with Crippen LogP contribution < -0.4 is 5.32 Å². The minimum Gasteiger partial charge on any atom is -0.480 e. The Kier molecular flexibility index (Phi) is 4.54. The molecule has 0 saturated carbocycles. The van der Waals surface area contributed by atoms with E-state index in [2.05, 4.69) is 24.1 Å². The summed E-state index contributed by atoms with van der Waals surface area (Å²) in [4.78, 5) is 13.1. The fourth-order valence-electron chi connectivity index (χ4n) is 2.16. The number of nitrogens with one attached hydrogen (secondary N) is 1. The van der Waals surface area contributed by atoms with E-state index in [0.717, 1.165) is 25.9 Å². The van der Waals surface area contributed by atoms with Crippen LogP contribution in [0.4, 0.5) is 0 Å². The van der Waals surface area contributed by atoms with Crippen LogP contribution in [0.3, 0.4) is 0 Å². The van der Waals surface area contributed by atoms with Crippen molar-refractivity contribution in [3.05, 3.63) is 0 Å². The second kappa shape index (κ2) is 5.47. The van der Waals surface area contributed by atoms with Crippen molar-refractivity contribution in [2.24, 2.45) is 0 Å². The standard InChI is InChI=1S/C11H22N2O2/c1-4-9-7-13(8(3)11(14)15)10(5-2)6-12-9/h8-10,12H,4-7H2,1-3H3,(H,14,15). The minimum absolute atomic E-state index is 0.360. The molecule has 1 aliphatic rings. The summed E-state index contributed by atoms with van der Waals surface area (Å²) in [7, 11) is 0. The van der Waals surface area contributed by atoms with Crippen LogP contribution in [-0.4, -0.2) is 47.2 Å². The molecule has 4 heteroatoms. The summed E-state index contributed by atoms with van der Waals surface area (Å²) in [5.74, 6) is -0.717. The molecule has 1 saturated heterocycles. The highest BCUT2D eigenvalue weighted by Gasteiger charge is 2.32. The number of hydrogen-bond acceptors (Lipinski definition) is 3. The second-order valence-corrected chi connectivity index (χ2v) is 4.29. The Hall–Kier alpha value is -0.610. The van der Waals surface area contributed by atoms with Crippen LogP contribution in [0.25, 0.3) is 0 Å². The number of aliphatic carboxylic acids is 1. The molecule has 0 aliphatic carbocycles. The van der Waals surface area contributed by atoms with E-state index in [4.69, 9.17) is 5.11 Å². The number of carboxylic acids is 1. The highest BCUT2D eigenvalue weighted by Crippen LogP contribution is 2.15. The lowest BCUT2D eigenvalue weighted by molar-refractivity contribution is -0.144. The molecule has 0 aromatic rings. The Morgan fingerprint density at radius 3 is 2.67 bits per heavy atom. The lowest BCUT2D eigenvalue weighted by Crippen LogP contribution is -2.60. The van der Waals surface area contributed by atoms with E-state index in [1.807, 2.05) is 0 Å². The van der Waals surface area contributed by atoms with Crippen molar-refractivity contribution in [3.63, 3.8) is 0 Å². The fourth-order valence-corrected chi connectivity index (χ4v) is 2.16. The summed E-state index contributed by atoms with van der Waals surface area (Å²) in [6.45, 7) is 7.78. The zero-order valence-electron chi connectivity index (χ0n) is 9.86. The lowest BCUT2D eigenvalue weighted by Gasteiger charge is -2.41. The van der Waals surface area contributed by atoms with Gasteiger partial charge in [0.25, 0.3) is 0 Å². The summed E-state index contributed by atoms with van der Waals surface area (Å²) in [6, 6.07) is 0.430. The largest absolute Gasteiger partial charge is 0.480 e. The summed E-state index contributed by atoms with van der Waals surface area (Å²) in [5, 5.41) is 12.5. The molecule has 0 radical (unpaired) electrons. The molecule has 15 heavy (non-hydrogen) atoms. The lowest BCUT2D eigenvalue weighted by atomic mass is 10.0. The zero-order valence-corrected chi connectivity index (χ0v) is 9.86. The number of hydrogen-bond donors (Lipinski definition) is 2. The Balaban J connectivity index is 2.66. The van der Waals surface area contributed by atoms with Gasteiger partial charge in [-0.05, 0) is 19.8 Å². The van der Waals surface area contributed by atoms with Crippen molar-refractivity contribution < 1.29 is 9.90 Å². The number of nitrogens with zero attached hydrogens (tertiary/aromatic N) is 1. The van der Waals surface area contributed by atoms with Gasteiger partial charge < -0.3 is 10.4 Å². The summed E-state index contributed by atoms with van der Waals surface area (Å²) >= 11 is 0. The highest BCUT2D eigenvalue weighted by atomic mass is 16.4. The van der Waals surface area contributed by atoms with Gasteiger partial charge in [-0.3, -0.25) is 9.69 Å². The van der Waals surface area contributed by atoms with Crippen LogP contribution in [0.2, 0.25) is 0 Å². The molecule has 4 nitrogen and oxygen atoms in total. The first-order valence-corrected chi connectivity index (χ1v) is 5.82. The van der Waals surface area contributed by atoms with Gasteiger partial charge >= 0.3 is 5.97 Å². The molecule has 3 atom stereocenters. The molecule has 3 unspecified atom stereocenters. The maximum absolute atomic E-state index is 11.0. The van der Waals surface area contributed by atoms with Gasteiger partial charge in [-0.25, -0.2) is 0 Å². The number of piperazine rings is 1. The van der Waals surface area contributed by atoms with Gasteiger partial charge in [0, 0.05) is 25.2 Å². The highest BCUT2D eigenvalue weighted by molar-refractivity contribution is 5.73. The van der Waals surface area contributed by atoms with Gasteiger partial charge in [-0.15, -0.1) is 0 Å². The van der Waals surface area contributed by atoms with Crippen molar-refractivity contribution in [1.29, 1.82) is 0 Å². The molecule has 2 N–H and O–H groups in total. The van der Waals surface area contributed by atoms with Gasteiger partial charge in [0.15, 0.2) is 0 Å². The van der Waals surface area contributed by atoms with E-state index >= 15 is 0 Å². The van der Waals surface area contributed by atoms with Crippen molar-refractivity contribution in [2.45, 2.75) is 51.7 Å². The molecule has 0 bridgehead atoms. The summed E-state index contributed by atoms with van der Waals surface area (Å²) in [6.07, 6.45) is 2.06. The average molecular weight is 214 g/mol. The van der Waals surface area contributed by atoms with E-state index in [-0.39, 0.29) is 6.04 Å². The smallest absolute Gasteiger partial charge is 0.320 e. The van der Waals surface area contributed by atoms with Gasteiger partial charge in [-0.2, -0.15) is 0 Å². The first-order chi connectivity index (χ1) is 7.10. The summed E-state index contributed by atoms with van der Waals surface area (Å²) in [5.41, 5.74) is 0. The minimum atomic E-state index is -0.717. The predicted octanol–water partition coefficient (Wildman–Crippen LogP) is 0.922. The molecule has 1 fully saturated rings. The van der Waals surface area contributed by atoms with E-state index in [1.165, 1.54) is 0 Å². The van der Waals surface area contributed by atoms with Crippen molar-refractivity contribution in [3.8, 4) is 0 Å². The topological polar surface area (TPSA) is 52.6 Å². The van der Waals surface area contributed by atoms with Gasteiger partial charge in [0.2, 0.25) is 0 Å². The van der Waals surface area contributed by atoms with Crippen LogP contribution in [0, 0.1) is 0 Å². The Morgan fingerprint density at radius 2 is 2.20 bits per heavy atom. The van der Waals surface area contributed by atoms with E-state index < -0.39 is 5.97 Å². The fraction of sp³-hybridized carbons (Fsp3) is 0.909. The quantitative estimate of drug-likeness (QED) is 0.731. The molecule has 0 spiro atoms. The monoisotopic (exact) mass is 214 g/mol. The Labute approximate surface area is 91.6 Å². The van der Waals surface area contributed by atoms with Crippen LogP contribution in [0.1, 0.15) is 33.6 Å². The Bertz CT molecular complexity index is 221. The van der Waals surface area contributed by atoms with Crippen LogP contribution in [-0.2, 0) is 4.79 Å². The molecule has 1 rings (SSSR count). The maximum atomic E-state index is 11.0. The first-order valence-electron chi connectivity index (χ1n) is 5.82. The van der Waals surface area contributed by atoms with E-state index in [0.29, 0.717) is 12.1 Å². The van der Waals surface area contributed by atoms with E-state index in [1.54, 1.807) is 6.92 Å². The Morgan fingerprint density at radius 1 is 1.53 bits per heavy atom. The average Bonchev–Trinajstić information content (AvgIpc) is 2.27. The zero-order chi connectivity index (χ0) is 11.4. The van der Waals surface area contributed by atoms with Crippen molar-refractivity contribution in [1.82, 2.24) is 10.2 Å². The van der Waals surface area contributed by atoms with E-state index in [9.17, 15) is 4.79 Å². The molecular formula is C11H22N2O2. The second-order valence-electron chi connectivity index (χ2n) is 4.29. The number of carboxylic acid groups (broad SMARTS) is 1. The van der Waals surface area contributed by atoms with Crippen LogP contribution in [0.15, 0.2) is 0 Å². The molecule has 0 amide bonds. The maximum Gasteiger partial charge on any atom is 0.320 e. The molecule has 1 aliphatic heterocycles. The van der Waals surface area contributed by atoms with Crippen molar-refractivity contribution >= 4 is 5.97 Å². The van der Waals surface area contributed by atoms with Crippen LogP contribution in [0.5, 0.6) is 0 Å². The predicted molar refractivity (Wildman–Crippen MR) is 60.0 cm³/mol. The normalized spacial score (nSPS) is 30.1. The SMILES string of the molecule is CCC1CN(C(C)C(=O)O)C(CC)CN1. The number of rotatable bonds is 4. The third kappa shape index (κ3) is 2.92.